The summed E-state index contributed by atoms with van der Waals surface area (Å²) in [5.41, 5.74) is 0.363. The molecule has 2 aromatic rings. The van der Waals surface area contributed by atoms with E-state index in [1.165, 1.54) is 0 Å². The van der Waals surface area contributed by atoms with Crippen LogP contribution in [0.5, 0.6) is 0 Å². The zero-order valence-corrected chi connectivity index (χ0v) is 17.2. The van der Waals surface area contributed by atoms with Crippen LogP contribution in [-0.4, -0.2) is 61.6 Å². The van der Waals surface area contributed by atoms with Crippen LogP contribution in [0.4, 0.5) is 0 Å². The number of rotatable bonds is 6. The van der Waals surface area contributed by atoms with Crippen LogP contribution in [0.3, 0.4) is 0 Å². The van der Waals surface area contributed by atoms with E-state index in [4.69, 9.17) is 11.6 Å². The molecule has 0 N–H and O–H groups in total. The fourth-order valence-electron chi connectivity index (χ4n) is 4.68. The number of carbonyl (C=O) groups excluding carboxylic acids is 1. The third-order valence-corrected chi connectivity index (χ3v) is 6.09. The molecule has 4 rings (SSSR count). The van der Waals surface area contributed by atoms with E-state index in [9.17, 15) is 4.79 Å². The van der Waals surface area contributed by atoms with Crippen molar-refractivity contribution in [1.82, 2.24) is 9.80 Å². The van der Waals surface area contributed by atoms with Crippen LogP contribution in [0.25, 0.3) is 0 Å². The summed E-state index contributed by atoms with van der Waals surface area (Å²) in [6.45, 7) is -2.01. The Kier molecular flexibility index (Phi) is 5.34. The van der Waals surface area contributed by atoms with Gasteiger partial charge in [0.15, 0.2) is 0 Å². The molecule has 2 aliphatic heterocycles. The van der Waals surface area contributed by atoms with Gasteiger partial charge in [0.1, 0.15) is 5.41 Å². The molecule has 0 spiro atoms. The maximum atomic E-state index is 14.2. The van der Waals surface area contributed by atoms with Crippen molar-refractivity contribution in [2.75, 3.05) is 45.9 Å². The highest BCUT2D eigenvalue weighted by Crippen LogP contribution is 2.47. The molecule has 0 saturated carbocycles. The molecule has 156 valence electrons. The summed E-state index contributed by atoms with van der Waals surface area (Å²) < 4.78 is 45.7. The minimum absolute atomic E-state index is 0. The summed E-state index contributed by atoms with van der Waals surface area (Å²) in [6.07, 6.45) is 0.628. The van der Waals surface area contributed by atoms with E-state index in [1.54, 1.807) is 0 Å². The van der Waals surface area contributed by atoms with E-state index in [0.717, 1.165) is 35.7 Å². The molecule has 0 aromatic heterocycles. The summed E-state index contributed by atoms with van der Waals surface area (Å²) >= 11 is 0. The SMILES string of the molecule is Cl.[2H]C([2H])([2H])C([2H])([2H])N1CC(CCN2CCOCC2)C(c2ccccc2)(c2ccccc2)C1=O. The third kappa shape index (κ3) is 4.07. The second kappa shape index (κ2) is 9.75. The maximum Gasteiger partial charge on any atom is 0.238 e. The van der Waals surface area contributed by atoms with Crippen molar-refractivity contribution in [2.45, 2.75) is 18.7 Å². The monoisotopic (exact) mass is 419 g/mol. The van der Waals surface area contributed by atoms with Crippen molar-refractivity contribution in [1.29, 1.82) is 0 Å². The van der Waals surface area contributed by atoms with Gasteiger partial charge in [-0.05, 0) is 30.9 Å². The molecule has 1 atom stereocenters. The number of hydrogen-bond donors (Lipinski definition) is 0. The van der Waals surface area contributed by atoms with Crippen molar-refractivity contribution < 1.29 is 16.4 Å². The number of carbonyl (C=O) groups is 1. The summed E-state index contributed by atoms with van der Waals surface area (Å²) in [6, 6.07) is 18.8. The lowest BCUT2D eigenvalue weighted by molar-refractivity contribution is -0.131. The Balaban J connectivity index is 0.00000324. The Morgan fingerprint density at radius 3 is 2.21 bits per heavy atom. The highest BCUT2D eigenvalue weighted by Gasteiger charge is 2.55. The molecular formula is C24H31ClN2O2. The molecular weight excluding hydrogens is 384 g/mol. The molecule has 1 amide bonds. The summed E-state index contributed by atoms with van der Waals surface area (Å²) in [5, 5.41) is 0. The van der Waals surface area contributed by atoms with E-state index >= 15 is 0 Å². The molecule has 0 radical (unpaired) electrons. The van der Waals surface area contributed by atoms with E-state index in [0.29, 0.717) is 19.6 Å². The highest BCUT2D eigenvalue weighted by atomic mass is 35.5. The first-order chi connectivity index (χ1) is 15.7. The molecule has 2 aliphatic rings. The second-order valence-corrected chi connectivity index (χ2v) is 7.51. The third-order valence-electron chi connectivity index (χ3n) is 6.09. The number of halogens is 1. The predicted octanol–water partition coefficient (Wildman–Crippen LogP) is 3.60. The molecule has 2 aromatic carbocycles. The van der Waals surface area contributed by atoms with Gasteiger partial charge in [0, 0.05) is 38.9 Å². The molecule has 29 heavy (non-hydrogen) atoms. The zero-order valence-electron chi connectivity index (χ0n) is 21.4. The van der Waals surface area contributed by atoms with Crippen LogP contribution in [0.1, 0.15) is 31.3 Å². The van der Waals surface area contributed by atoms with Crippen LogP contribution < -0.4 is 0 Å². The Morgan fingerprint density at radius 2 is 1.66 bits per heavy atom. The Hall–Kier alpha value is -1.88. The molecule has 2 saturated heterocycles. The molecule has 4 nitrogen and oxygen atoms in total. The lowest BCUT2D eigenvalue weighted by Gasteiger charge is -2.36. The van der Waals surface area contributed by atoms with Crippen molar-refractivity contribution in [3.05, 3.63) is 71.8 Å². The van der Waals surface area contributed by atoms with E-state index in [-0.39, 0.29) is 24.9 Å². The molecule has 1 unspecified atom stereocenters. The van der Waals surface area contributed by atoms with Crippen LogP contribution in [-0.2, 0) is 14.9 Å². The number of likely N-dealkylation sites (N-methyl/N-ethyl adjacent to an activating group) is 1. The molecule has 2 fully saturated rings. The lowest BCUT2D eigenvalue weighted by Crippen LogP contribution is -2.43. The Morgan fingerprint density at radius 1 is 1.07 bits per heavy atom. The molecule has 0 bridgehead atoms. The number of ether oxygens (including phenoxy) is 1. The van der Waals surface area contributed by atoms with Gasteiger partial charge in [-0.2, -0.15) is 0 Å². The topological polar surface area (TPSA) is 32.8 Å². The standard InChI is InChI=1S/C24H30N2O2.ClH/c1-2-26-19-22(13-14-25-15-17-28-18-16-25)24(23(26)27,20-9-5-3-6-10-20)21-11-7-4-8-12-21;/h3-12,22H,2,13-19H2,1H3;1H/i1D3,2D2;. The van der Waals surface area contributed by atoms with Crippen LogP contribution in [0, 0.1) is 5.92 Å². The highest BCUT2D eigenvalue weighted by molar-refractivity contribution is 5.94. The van der Waals surface area contributed by atoms with Crippen molar-refractivity contribution >= 4 is 18.3 Å². The van der Waals surface area contributed by atoms with Crippen LogP contribution in [0.15, 0.2) is 60.7 Å². The Labute approximate surface area is 187 Å². The molecule has 2 heterocycles. The van der Waals surface area contributed by atoms with Crippen molar-refractivity contribution in [3.8, 4) is 0 Å². The molecule has 0 aliphatic carbocycles. The van der Waals surface area contributed by atoms with Gasteiger partial charge in [-0.15, -0.1) is 12.4 Å². The summed E-state index contributed by atoms with van der Waals surface area (Å²) in [4.78, 5) is 17.4. The molecule has 5 heteroatoms. The smallest absolute Gasteiger partial charge is 0.238 e. The lowest BCUT2D eigenvalue weighted by atomic mass is 9.66. The first kappa shape index (κ1) is 15.9. The number of likely N-dealkylation sites (tertiary alicyclic amines) is 1. The Bertz CT molecular complexity index is 913. The number of amides is 1. The van der Waals surface area contributed by atoms with Gasteiger partial charge >= 0.3 is 0 Å². The minimum Gasteiger partial charge on any atom is -0.379 e. The average Bonchev–Trinajstić information content (AvgIpc) is 3.12. The van der Waals surface area contributed by atoms with E-state index < -0.39 is 24.7 Å². The van der Waals surface area contributed by atoms with Gasteiger partial charge in [-0.1, -0.05) is 60.7 Å². The number of nitrogens with zero attached hydrogens (tertiary/aromatic N) is 2. The number of hydrogen-bond acceptors (Lipinski definition) is 3. The fourth-order valence-corrected chi connectivity index (χ4v) is 4.68. The van der Waals surface area contributed by atoms with Gasteiger partial charge in [-0.25, -0.2) is 0 Å². The average molecular weight is 420 g/mol. The maximum absolute atomic E-state index is 14.2. The summed E-state index contributed by atoms with van der Waals surface area (Å²) in [5.74, 6) is -0.789. The van der Waals surface area contributed by atoms with E-state index in [1.807, 2.05) is 60.7 Å². The normalized spacial score (nSPS) is 25.2. The second-order valence-electron chi connectivity index (χ2n) is 7.51. The van der Waals surface area contributed by atoms with Crippen molar-refractivity contribution in [2.24, 2.45) is 5.92 Å². The van der Waals surface area contributed by atoms with Gasteiger partial charge in [-0.3, -0.25) is 9.69 Å². The number of morpholine rings is 1. The van der Waals surface area contributed by atoms with Crippen LogP contribution >= 0.6 is 12.4 Å². The van der Waals surface area contributed by atoms with Crippen molar-refractivity contribution in [3.63, 3.8) is 0 Å². The summed E-state index contributed by atoms with van der Waals surface area (Å²) in [7, 11) is 0. The van der Waals surface area contributed by atoms with Crippen LogP contribution in [0.2, 0.25) is 0 Å². The largest absolute Gasteiger partial charge is 0.379 e. The first-order valence-electron chi connectivity index (χ1n) is 12.4. The van der Waals surface area contributed by atoms with E-state index in [2.05, 4.69) is 4.90 Å². The quantitative estimate of drug-likeness (QED) is 0.717. The predicted molar refractivity (Wildman–Crippen MR) is 119 cm³/mol. The van der Waals surface area contributed by atoms with Gasteiger partial charge in [0.05, 0.1) is 13.2 Å². The fraction of sp³-hybridized carbons (Fsp3) is 0.458. The first-order valence-corrected chi connectivity index (χ1v) is 9.92. The van der Waals surface area contributed by atoms with Gasteiger partial charge < -0.3 is 9.64 Å². The zero-order chi connectivity index (χ0) is 23.7. The number of benzene rings is 2. The minimum atomic E-state index is -2.96. The van der Waals surface area contributed by atoms with Gasteiger partial charge in [0.25, 0.3) is 0 Å². The van der Waals surface area contributed by atoms with Gasteiger partial charge in [0.2, 0.25) is 5.91 Å².